The second-order valence-corrected chi connectivity index (χ2v) is 5.81. The van der Waals surface area contributed by atoms with Crippen molar-refractivity contribution in [3.63, 3.8) is 0 Å². The van der Waals surface area contributed by atoms with E-state index in [2.05, 4.69) is 29.6 Å². The van der Waals surface area contributed by atoms with Crippen LogP contribution < -0.4 is 5.32 Å². The summed E-state index contributed by atoms with van der Waals surface area (Å²) in [6.45, 7) is 0.720. The molecule has 0 bridgehead atoms. The lowest BCUT2D eigenvalue weighted by Crippen LogP contribution is -2.25. The van der Waals surface area contributed by atoms with Gasteiger partial charge in [0.2, 0.25) is 0 Å². The van der Waals surface area contributed by atoms with Crippen molar-refractivity contribution in [2.45, 2.75) is 44.1 Å². The molecule has 3 rings (SSSR count). The Morgan fingerprint density at radius 2 is 1.68 bits per heavy atom. The standard InChI is InChI=1S/C16H22N2O/c1-18-15(11-17-16(18)19)14-9-7-13(8-10-14)12-5-3-2-4-6-12/h7-10,12,15H,2-6,11H2,1H3,(H,17,19). The molecule has 0 spiro atoms. The van der Waals surface area contributed by atoms with Crippen LogP contribution in [0, 0.1) is 0 Å². The van der Waals surface area contributed by atoms with Crippen LogP contribution in [0.4, 0.5) is 4.79 Å². The van der Waals surface area contributed by atoms with Gasteiger partial charge in [-0.15, -0.1) is 0 Å². The third kappa shape index (κ3) is 2.46. The van der Waals surface area contributed by atoms with E-state index < -0.39 is 0 Å². The Labute approximate surface area is 115 Å². The molecular weight excluding hydrogens is 236 g/mol. The largest absolute Gasteiger partial charge is 0.336 e. The Morgan fingerprint density at radius 3 is 2.26 bits per heavy atom. The Bertz CT molecular complexity index is 448. The molecule has 3 nitrogen and oxygen atoms in total. The average Bonchev–Trinajstić information content (AvgIpc) is 2.80. The highest BCUT2D eigenvalue weighted by Crippen LogP contribution is 2.33. The van der Waals surface area contributed by atoms with E-state index in [1.165, 1.54) is 43.2 Å². The van der Waals surface area contributed by atoms with E-state index in [0.29, 0.717) is 0 Å². The monoisotopic (exact) mass is 258 g/mol. The molecule has 1 N–H and O–H groups in total. The third-order valence-electron chi connectivity index (χ3n) is 4.63. The van der Waals surface area contributed by atoms with Gasteiger partial charge in [0, 0.05) is 13.6 Å². The van der Waals surface area contributed by atoms with Gasteiger partial charge in [-0.05, 0) is 29.9 Å². The summed E-state index contributed by atoms with van der Waals surface area (Å²) in [7, 11) is 1.86. The van der Waals surface area contributed by atoms with Gasteiger partial charge < -0.3 is 10.2 Å². The minimum absolute atomic E-state index is 0.0290. The average molecular weight is 258 g/mol. The molecule has 1 aromatic rings. The molecule has 2 fully saturated rings. The van der Waals surface area contributed by atoms with Crippen molar-refractivity contribution in [3.8, 4) is 0 Å². The summed E-state index contributed by atoms with van der Waals surface area (Å²) < 4.78 is 0. The fourth-order valence-electron chi connectivity index (χ4n) is 3.35. The van der Waals surface area contributed by atoms with Crippen LogP contribution in [0.3, 0.4) is 0 Å². The number of carbonyl (C=O) groups is 1. The first-order chi connectivity index (χ1) is 9.25. The van der Waals surface area contributed by atoms with Gasteiger partial charge >= 0.3 is 6.03 Å². The van der Waals surface area contributed by atoms with E-state index in [1.807, 2.05) is 7.05 Å². The second-order valence-electron chi connectivity index (χ2n) is 5.81. The van der Waals surface area contributed by atoms with Crippen LogP contribution in [0.5, 0.6) is 0 Å². The van der Waals surface area contributed by atoms with Crippen molar-refractivity contribution in [1.29, 1.82) is 0 Å². The van der Waals surface area contributed by atoms with Crippen LogP contribution in [0.15, 0.2) is 24.3 Å². The highest BCUT2D eigenvalue weighted by Gasteiger charge is 2.28. The minimum Gasteiger partial charge on any atom is -0.336 e. The lowest BCUT2D eigenvalue weighted by Gasteiger charge is -2.23. The number of carbonyl (C=O) groups excluding carboxylic acids is 1. The molecule has 0 radical (unpaired) electrons. The minimum atomic E-state index is 0.0290. The summed E-state index contributed by atoms with van der Waals surface area (Å²) >= 11 is 0. The van der Waals surface area contributed by atoms with Crippen LogP contribution in [0.2, 0.25) is 0 Å². The Kier molecular flexibility index (Phi) is 3.45. The molecule has 1 aliphatic carbocycles. The maximum absolute atomic E-state index is 11.5. The molecule has 2 amide bonds. The summed E-state index contributed by atoms with van der Waals surface area (Å²) in [5, 5.41) is 2.88. The number of hydrogen-bond acceptors (Lipinski definition) is 1. The van der Waals surface area contributed by atoms with Crippen LogP contribution in [0.1, 0.15) is 55.2 Å². The highest BCUT2D eigenvalue weighted by atomic mass is 16.2. The summed E-state index contributed by atoms with van der Waals surface area (Å²) in [6, 6.07) is 9.15. The molecule has 1 unspecified atom stereocenters. The highest BCUT2D eigenvalue weighted by molar-refractivity contribution is 5.76. The Balaban J connectivity index is 1.73. The SMILES string of the molecule is CN1C(=O)NCC1c1ccc(C2CCCCC2)cc1. The van der Waals surface area contributed by atoms with Crippen molar-refractivity contribution in [3.05, 3.63) is 35.4 Å². The Hall–Kier alpha value is -1.51. The predicted molar refractivity (Wildman–Crippen MR) is 76.2 cm³/mol. The van der Waals surface area contributed by atoms with Gasteiger partial charge in [0.25, 0.3) is 0 Å². The number of benzene rings is 1. The zero-order valence-electron chi connectivity index (χ0n) is 11.6. The van der Waals surface area contributed by atoms with E-state index in [-0.39, 0.29) is 12.1 Å². The molecule has 1 saturated heterocycles. The fraction of sp³-hybridized carbons (Fsp3) is 0.562. The first kappa shape index (κ1) is 12.5. The number of nitrogens with one attached hydrogen (secondary N) is 1. The zero-order chi connectivity index (χ0) is 13.2. The molecule has 1 aromatic carbocycles. The number of likely N-dealkylation sites (N-methyl/N-ethyl adjacent to an activating group) is 1. The van der Waals surface area contributed by atoms with Crippen LogP contribution in [0.25, 0.3) is 0 Å². The summed E-state index contributed by atoms with van der Waals surface area (Å²) in [5.41, 5.74) is 2.71. The second kappa shape index (κ2) is 5.24. The summed E-state index contributed by atoms with van der Waals surface area (Å²) in [4.78, 5) is 13.3. The van der Waals surface area contributed by atoms with E-state index in [1.54, 1.807) is 4.90 Å². The maximum Gasteiger partial charge on any atom is 0.317 e. The molecule has 2 aliphatic rings. The first-order valence-electron chi connectivity index (χ1n) is 7.36. The number of amides is 2. The summed E-state index contributed by atoms with van der Waals surface area (Å²) in [5.74, 6) is 0.754. The fourth-order valence-corrected chi connectivity index (χ4v) is 3.35. The molecule has 1 saturated carbocycles. The molecule has 3 heteroatoms. The van der Waals surface area contributed by atoms with Crippen molar-refractivity contribution >= 4 is 6.03 Å². The van der Waals surface area contributed by atoms with Crippen molar-refractivity contribution in [1.82, 2.24) is 10.2 Å². The van der Waals surface area contributed by atoms with Crippen LogP contribution in [-0.2, 0) is 0 Å². The topological polar surface area (TPSA) is 32.3 Å². The molecule has 102 valence electrons. The van der Waals surface area contributed by atoms with Crippen molar-refractivity contribution in [2.75, 3.05) is 13.6 Å². The van der Waals surface area contributed by atoms with E-state index >= 15 is 0 Å². The predicted octanol–water partition coefficient (Wildman–Crippen LogP) is 3.43. The van der Waals surface area contributed by atoms with Gasteiger partial charge in [-0.25, -0.2) is 4.79 Å². The Morgan fingerprint density at radius 1 is 1.05 bits per heavy atom. The smallest absolute Gasteiger partial charge is 0.317 e. The van der Waals surface area contributed by atoms with Gasteiger partial charge in [-0.1, -0.05) is 43.5 Å². The van der Waals surface area contributed by atoms with E-state index in [9.17, 15) is 4.79 Å². The van der Waals surface area contributed by atoms with Crippen molar-refractivity contribution in [2.24, 2.45) is 0 Å². The van der Waals surface area contributed by atoms with Crippen LogP contribution in [-0.4, -0.2) is 24.5 Å². The quantitative estimate of drug-likeness (QED) is 0.866. The third-order valence-corrected chi connectivity index (χ3v) is 4.63. The van der Waals surface area contributed by atoms with Gasteiger partial charge in [0.1, 0.15) is 0 Å². The summed E-state index contributed by atoms with van der Waals surface area (Å²) in [6.07, 6.45) is 6.81. The first-order valence-corrected chi connectivity index (χ1v) is 7.36. The number of nitrogens with zero attached hydrogens (tertiary/aromatic N) is 1. The van der Waals surface area contributed by atoms with Crippen molar-refractivity contribution < 1.29 is 4.79 Å². The molecule has 1 heterocycles. The lowest BCUT2D eigenvalue weighted by atomic mass is 9.83. The molecule has 19 heavy (non-hydrogen) atoms. The van der Waals surface area contributed by atoms with Crippen LogP contribution >= 0.6 is 0 Å². The van der Waals surface area contributed by atoms with Gasteiger partial charge in [-0.2, -0.15) is 0 Å². The van der Waals surface area contributed by atoms with Gasteiger partial charge in [0.15, 0.2) is 0 Å². The lowest BCUT2D eigenvalue weighted by molar-refractivity contribution is 0.217. The number of rotatable bonds is 2. The normalized spacial score (nSPS) is 24.6. The molecule has 0 aromatic heterocycles. The zero-order valence-corrected chi connectivity index (χ0v) is 11.6. The van der Waals surface area contributed by atoms with E-state index in [4.69, 9.17) is 0 Å². The number of urea groups is 1. The maximum atomic E-state index is 11.5. The van der Waals surface area contributed by atoms with E-state index in [0.717, 1.165) is 12.5 Å². The molecule has 1 aliphatic heterocycles. The molecular formula is C16H22N2O. The number of hydrogen-bond donors (Lipinski definition) is 1. The van der Waals surface area contributed by atoms with Gasteiger partial charge in [0.05, 0.1) is 6.04 Å². The molecule has 1 atom stereocenters. The van der Waals surface area contributed by atoms with Gasteiger partial charge in [-0.3, -0.25) is 0 Å².